The van der Waals surface area contributed by atoms with Crippen LogP contribution < -0.4 is 0 Å². The molecule has 0 aromatic heterocycles. The number of hydrogen-bond acceptors (Lipinski definition) is 2. The lowest BCUT2D eigenvalue weighted by atomic mass is 10.0. The molecule has 1 aliphatic rings. The minimum absolute atomic E-state index is 0.115. The fourth-order valence-corrected chi connectivity index (χ4v) is 2.62. The van der Waals surface area contributed by atoms with Gasteiger partial charge in [0, 0.05) is 31.4 Å². The van der Waals surface area contributed by atoms with Crippen molar-refractivity contribution in [3.63, 3.8) is 0 Å². The number of alkyl halides is 1. The number of benzene rings is 1. The number of nitrogens with zero attached hydrogens (tertiary/aromatic N) is 2. The Morgan fingerprint density at radius 2 is 2.05 bits per heavy atom. The van der Waals surface area contributed by atoms with Gasteiger partial charge in [0.05, 0.1) is 6.04 Å². The Morgan fingerprint density at radius 1 is 1.37 bits per heavy atom. The van der Waals surface area contributed by atoms with Gasteiger partial charge in [-0.15, -0.1) is 11.6 Å². The van der Waals surface area contributed by atoms with Crippen LogP contribution >= 0.6 is 11.6 Å². The second-order valence-electron chi connectivity index (χ2n) is 5.28. The van der Waals surface area contributed by atoms with Crippen molar-refractivity contribution >= 4 is 17.5 Å². The predicted octanol–water partition coefficient (Wildman–Crippen LogP) is 2.38. The van der Waals surface area contributed by atoms with Gasteiger partial charge >= 0.3 is 0 Å². The molecule has 3 nitrogen and oxygen atoms in total. The Morgan fingerprint density at radius 3 is 2.68 bits per heavy atom. The van der Waals surface area contributed by atoms with E-state index in [1.807, 2.05) is 30.0 Å². The van der Waals surface area contributed by atoms with Gasteiger partial charge in [0.15, 0.2) is 0 Å². The third kappa shape index (κ3) is 3.28. The van der Waals surface area contributed by atoms with E-state index < -0.39 is 0 Å². The van der Waals surface area contributed by atoms with Crippen LogP contribution in [0.5, 0.6) is 0 Å². The highest BCUT2D eigenvalue weighted by Crippen LogP contribution is 2.26. The maximum absolute atomic E-state index is 12.4. The molecular weight excluding hydrogens is 260 g/mol. The van der Waals surface area contributed by atoms with Gasteiger partial charge in [-0.3, -0.25) is 4.79 Å². The molecule has 1 amide bonds. The monoisotopic (exact) mass is 280 g/mol. The molecule has 2 atom stereocenters. The number of piperazine rings is 1. The van der Waals surface area contributed by atoms with E-state index in [9.17, 15) is 4.79 Å². The van der Waals surface area contributed by atoms with Gasteiger partial charge in [0.2, 0.25) is 5.91 Å². The quantitative estimate of drug-likeness (QED) is 0.794. The lowest BCUT2D eigenvalue weighted by Gasteiger charge is -2.41. The molecule has 0 saturated carbocycles. The highest BCUT2D eigenvalue weighted by molar-refractivity contribution is 6.19. The number of rotatable bonds is 3. The zero-order valence-corrected chi connectivity index (χ0v) is 12.3. The van der Waals surface area contributed by atoms with Gasteiger partial charge < -0.3 is 9.80 Å². The summed E-state index contributed by atoms with van der Waals surface area (Å²) in [6.45, 7) is 4.47. The number of halogens is 1. The fraction of sp³-hybridized carbons (Fsp3) is 0.533. The maximum atomic E-state index is 12.4. The first-order chi connectivity index (χ1) is 9.13. The van der Waals surface area contributed by atoms with E-state index in [-0.39, 0.29) is 17.9 Å². The predicted molar refractivity (Wildman–Crippen MR) is 78.3 cm³/mol. The molecule has 19 heavy (non-hydrogen) atoms. The van der Waals surface area contributed by atoms with Gasteiger partial charge in [-0.1, -0.05) is 37.3 Å². The summed E-state index contributed by atoms with van der Waals surface area (Å²) < 4.78 is 0. The lowest BCUT2D eigenvalue weighted by molar-refractivity contribution is -0.139. The van der Waals surface area contributed by atoms with E-state index in [0.29, 0.717) is 5.88 Å². The molecule has 104 valence electrons. The standard InChI is InChI=1S/C15H21ClN2O/c1-12(10-16)15(19)18-9-8-17(2)11-14(18)13-6-4-3-5-7-13/h3-7,12,14H,8-11H2,1-2H3. The summed E-state index contributed by atoms with van der Waals surface area (Å²) in [6.07, 6.45) is 0. The number of amides is 1. The average Bonchev–Trinajstić information content (AvgIpc) is 2.46. The van der Waals surface area contributed by atoms with Gasteiger partial charge in [0.1, 0.15) is 0 Å². The maximum Gasteiger partial charge on any atom is 0.227 e. The summed E-state index contributed by atoms with van der Waals surface area (Å²) in [6, 6.07) is 10.4. The van der Waals surface area contributed by atoms with Crippen molar-refractivity contribution in [2.24, 2.45) is 5.92 Å². The van der Waals surface area contributed by atoms with E-state index in [1.54, 1.807) is 0 Å². The van der Waals surface area contributed by atoms with Crippen molar-refractivity contribution in [2.45, 2.75) is 13.0 Å². The molecule has 4 heteroatoms. The summed E-state index contributed by atoms with van der Waals surface area (Å²) in [5.74, 6) is 0.431. The van der Waals surface area contributed by atoms with Crippen LogP contribution in [0, 0.1) is 5.92 Å². The minimum Gasteiger partial charge on any atom is -0.333 e. The summed E-state index contributed by atoms with van der Waals surface area (Å²) in [7, 11) is 2.10. The van der Waals surface area contributed by atoms with Crippen molar-refractivity contribution in [1.29, 1.82) is 0 Å². The lowest BCUT2D eigenvalue weighted by Crippen LogP contribution is -2.50. The summed E-state index contributed by atoms with van der Waals surface area (Å²) >= 11 is 5.83. The third-order valence-corrected chi connectivity index (χ3v) is 4.17. The second kappa shape index (κ2) is 6.40. The van der Waals surface area contributed by atoms with Crippen LogP contribution in [0.25, 0.3) is 0 Å². The molecule has 1 fully saturated rings. The van der Waals surface area contributed by atoms with Gasteiger partial charge in [-0.2, -0.15) is 0 Å². The second-order valence-corrected chi connectivity index (χ2v) is 5.58. The van der Waals surface area contributed by atoms with Crippen molar-refractivity contribution in [1.82, 2.24) is 9.80 Å². The smallest absolute Gasteiger partial charge is 0.227 e. The highest BCUT2D eigenvalue weighted by Gasteiger charge is 2.31. The Bertz CT molecular complexity index is 423. The van der Waals surface area contributed by atoms with Crippen LogP contribution in [0.2, 0.25) is 0 Å². The van der Waals surface area contributed by atoms with Crippen molar-refractivity contribution in [2.75, 3.05) is 32.6 Å². The molecule has 0 N–H and O–H groups in total. The average molecular weight is 281 g/mol. The summed E-state index contributed by atoms with van der Waals surface area (Å²) in [5.41, 5.74) is 1.20. The minimum atomic E-state index is -0.115. The van der Waals surface area contributed by atoms with Gasteiger partial charge in [0.25, 0.3) is 0 Å². The van der Waals surface area contributed by atoms with Gasteiger partial charge in [-0.25, -0.2) is 0 Å². The zero-order chi connectivity index (χ0) is 13.8. The molecule has 0 bridgehead atoms. The van der Waals surface area contributed by atoms with Crippen LogP contribution in [0.3, 0.4) is 0 Å². The molecule has 2 rings (SSSR count). The fourth-order valence-electron chi connectivity index (χ4n) is 2.49. The molecule has 0 radical (unpaired) electrons. The van der Waals surface area contributed by atoms with Crippen molar-refractivity contribution in [3.05, 3.63) is 35.9 Å². The van der Waals surface area contributed by atoms with Crippen molar-refractivity contribution in [3.8, 4) is 0 Å². The normalized spacial score (nSPS) is 22.3. The van der Waals surface area contributed by atoms with E-state index in [1.165, 1.54) is 5.56 Å². The van der Waals surface area contributed by atoms with E-state index in [4.69, 9.17) is 11.6 Å². The molecular formula is C15H21ClN2O. The largest absolute Gasteiger partial charge is 0.333 e. The Balaban J connectivity index is 2.22. The topological polar surface area (TPSA) is 23.6 Å². The van der Waals surface area contributed by atoms with Crippen LogP contribution in [0.15, 0.2) is 30.3 Å². The number of hydrogen-bond donors (Lipinski definition) is 0. The number of likely N-dealkylation sites (N-methyl/N-ethyl adjacent to an activating group) is 1. The molecule has 1 aromatic rings. The van der Waals surface area contributed by atoms with Crippen LogP contribution in [0.4, 0.5) is 0 Å². The summed E-state index contributed by atoms with van der Waals surface area (Å²) in [5, 5.41) is 0. The molecule has 0 spiro atoms. The Hall–Kier alpha value is -1.06. The van der Waals surface area contributed by atoms with E-state index in [2.05, 4.69) is 24.1 Å². The zero-order valence-electron chi connectivity index (χ0n) is 11.6. The van der Waals surface area contributed by atoms with Crippen LogP contribution in [-0.4, -0.2) is 48.3 Å². The third-order valence-electron chi connectivity index (χ3n) is 3.70. The van der Waals surface area contributed by atoms with E-state index in [0.717, 1.165) is 19.6 Å². The van der Waals surface area contributed by atoms with Gasteiger partial charge in [-0.05, 0) is 12.6 Å². The Labute approximate surface area is 120 Å². The van der Waals surface area contributed by atoms with E-state index >= 15 is 0 Å². The molecule has 1 heterocycles. The van der Waals surface area contributed by atoms with Crippen molar-refractivity contribution < 1.29 is 4.79 Å². The molecule has 0 aliphatic carbocycles. The first kappa shape index (κ1) is 14.4. The van der Waals surface area contributed by atoms with Crippen LogP contribution in [-0.2, 0) is 4.79 Å². The molecule has 1 aromatic carbocycles. The number of carbonyl (C=O) groups is 1. The molecule has 1 saturated heterocycles. The molecule has 1 aliphatic heterocycles. The molecule has 2 unspecified atom stereocenters. The van der Waals surface area contributed by atoms with Crippen LogP contribution in [0.1, 0.15) is 18.5 Å². The SMILES string of the molecule is CC(CCl)C(=O)N1CCN(C)CC1c1ccccc1. The summed E-state index contributed by atoms with van der Waals surface area (Å²) in [4.78, 5) is 16.7. The first-order valence-corrected chi connectivity index (χ1v) is 7.27. The highest BCUT2D eigenvalue weighted by atomic mass is 35.5. The number of carbonyl (C=O) groups excluding carboxylic acids is 1. The first-order valence-electron chi connectivity index (χ1n) is 6.73. The Kier molecular flexibility index (Phi) is 4.83.